The molecule has 2 aromatic carbocycles. The molecule has 1 aliphatic heterocycles. The molecule has 2 atom stereocenters. The maximum absolute atomic E-state index is 13.3. The molecule has 2 N–H and O–H groups in total. The summed E-state index contributed by atoms with van der Waals surface area (Å²) < 4.78 is 0. The molecule has 0 aromatic heterocycles. The number of hydrogen-bond acceptors (Lipinski definition) is 4. The minimum absolute atomic E-state index is 0.118. The second kappa shape index (κ2) is 9.85. The average Bonchev–Trinajstić information content (AvgIpc) is 2.84. The second-order valence-corrected chi connectivity index (χ2v) is 8.49. The Labute approximate surface area is 188 Å². The first kappa shape index (κ1) is 21.9. The minimum Gasteiger partial charge on any atom is -0.481 e. The third kappa shape index (κ3) is 4.77. The number of benzene rings is 2. The van der Waals surface area contributed by atoms with E-state index < -0.39 is 17.8 Å². The van der Waals surface area contributed by atoms with E-state index in [2.05, 4.69) is 22.3 Å². The summed E-state index contributed by atoms with van der Waals surface area (Å²) in [5, 5.41) is 12.4. The molecule has 2 fully saturated rings. The number of aliphatic carboxylic acids is 1. The van der Waals surface area contributed by atoms with Crippen LogP contribution in [0.5, 0.6) is 0 Å². The van der Waals surface area contributed by atoms with Gasteiger partial charge in [-0.3, -0.25) is 14.4 Å². The number of carboxylic acids is 1. The Bertz CT molecular complexity index is 970. The summed E-state index contributed by atoms with van der Waals surface area (Å²) in [5.74, 6) is -2.60. The van der Waals surface area contributed by atoms with Gasteiger partial charge < -0.3 is 20.2 Å². The SMILES string of the molecule is O=C(Nc1ccccc1C(=O)N1CCN(c2ccccc2)CC1)[C@H]1CCCC[C@H]1C(=O)O. The maximum Gasteiger partial charge on any atom is 0.307 e. The number of carboxylic acid groups (broad SMARTS) is 1. The highest BCUT2D eigenvalue weighted by Crippen LogP contribution is 2.32. The molecule has 1 heterocycles. The van der Waals surface area contributed by atoms with Crippen molar-refractivity contribution in [3.8, 4) is 0 Å². The molecule has 2 aromatic rings. The minimum atomic E-state index is -0.925. The lowest BCUT2D eigenvalue weighted by Crippen LogP contribution is -2.49. The van der Waals surface area contributed by atoms with Crippen LogP contribution in [0.15, 0.2) is 54.6 Å². The van der Waals surface area contributed by atoms with E-state index in [0.29, 0.717) is 37.2 Å². The molecule has 32 heavy (non-hydrogen) atoms. The molecule has 2 aliphatic rings. The molecule has 0 spiro atoms. The first-order valence-electron chi connectivity index (χ1n) is 11.3. The number of amides is 2. The number of carbonyl (C=O) groups excluding carboxylic acids is 2. The van der Waals surface area contributed by atoms with Crippen molar-refractivity contribution in [3.05, 3.63) is 60.2 Å². The van der Waals surface area contributed by atoms with Crippen LogP contribution in [0.4, 0.5) is 11.4 Å². The fourth-order valence-electron chi connectivity index (χ4n) is 4.72. The lowest BCUT2D eigenvalue weighted by atomic mass is 9.78. The number of piperazine rings is 1. The van der Waals surface area contributed by atoms with Crippen molar-refractivity contribution < 1.29 is 19.5 Å². The number of carbonyl (C=O) groups is 3. The molecule has 1 saturated heterocycles. The van der Waals surface area contributed by atoms with Crippen LogP contribution < -0.4 is 10.2 Å². The predicted molar refractivity (Wildman–Crippen MR) is 123 cm³/mol. The zero-order chi connectivity index (χ0) is 22.5. The molecule has 7 nitrogen and oxygen atoms in total. The Balaban J connectivity index is 1.43. The molecule has 4 rings (SSSR count). The molecular formula is C25H29N3O4. The average molecular weight is 436 g/mol. The fraction of sp³-hybridized carbons (Fsp3) is 0.400. The van der Waals surface area contributed by atoms with Crippen LogP contribution in [0.25, 0.3) is 0 Å². The number of anilines is 2. The van der Waals surface area contributed by atoms with Gasteiger partial charge in [0.15, 0.2) is 0 Å². The Morgan fingerprint density at radius 1 is 0.812 bits per heavy atom. The predicted octanol–water partition coefficient (Wildman–Crippen LogP) is 3.48. The van der Waals surface area contributed by atoms with Crippen LogP contribution in [0, 0.1) is 11.8 Å². The summed E-state index contributed by atoms with van der Waals surface area (Å²) in [4.78, 5) is 41.8. The normalized spacial score (nSPS) is 21.1. The highest BCUT2D eigenvalue weighted by atomic mass is 16.4. The zero-order valence-corrected chi connectivity index (χ0v) is 18.1. The van der Waals surface area contributed by atoms with Crippen LogP contribution in [0.3, 0.4) is 0 Å². The van der Waals surface area contributed by atoms with Gasteiger partial charge in [0.05, 0.1) is 23.1 Å². The Hall–Kier alpha value is -3.35. The number of para-hydroxylation sites is 2. The first-order chi connectivity index (χ1) is 15.5. The van der Waals surface area contributed by atoms with Gasteiger partial charge in [0.1, 0.15) is 0 Å². The topological polar surface area (TPSA) is 90.0 Å². The standard InChI is InChI=1S/C25H29N3O4/c29-23(19-10-4-5-11-20(19)25(31)32)26-22-13-7-6-12-21(22)24(30)28-16-14-27(15-17-28)18-8-2-1-3-9-18/h1-3,6-9,12-13,19-20H,4-5,10-11,14-17H2,(H,26,29)(H,31,32)/t19-,20+/m0/s1. The van der Waals surface area contributed by atoms with Crippen LogP contribution in [-0.2, 0) is 9.59 Å². The highest BCUT2D eigenvalue weighted by Gasteiger charge is 2.36. The summed E-state index contributed by atoms with van der Waals surface area (Å²) in [6.45, 7) is 2.68. The molecule has 1 saturated carbocycles. The molecule has 1 aliphatic carbocycles. The van der Waals surface area contributed by atoms with E-state index in [1.165, 1.54) is 0 Å². The zero-order valence-electron chi connectivity index (χ0n) is 18.1. The van der Waals surface area contributed by atoms with E-state index in [9.17, 15) is 19.5 Å². The Morgan fingerprint density at radius 2 is 1.44 bits per heavy atom. The van der Waals surface area contributed by atoms with E-state index in [1.54, 1.807) is 24.3 Å². The highest BCUT2D eigenvalue weighted by molar-refractivity contribution is 6.04. The summed E-state index contributed by atoms with van der Waals surface area (Å²) >= 11 is 0. The van der Waals surface area contributed by atoms with E-state index in [-0.39, 0.29) is 11.8 Å². The number of nitrogens with zero attached hydrogens (tertiary/aromatic N) is 2. The van der Waals surface area contributed by atoms with Gasteiger partial charge in [-0.2, -0.15) is 0 Å². The summed E-state index contributed by atoms with van der Waals surface area (Å²) in [6, 6.07) is 17.1. The van der Waals surface area contributed by atoms with Gasteiger partial charge in [-0.25, -0.2) is 0 Å². The molecule has 0 radical (unpaired) electrons. The van der Waals surface area contributed by atoms with Gasteiger partial charge in [-0.15, -0.1) is 0 Å². The van der Waals surface area contributed by atoms with Gasteiger partial charge >= 0.3 is 5.97 Å². The van der Waals surface area contributed by atoms with E-state index in [0.717, 1.165) is 31.6 Å². The van der Waals surface area contributed by atoms with Gasteiger partial charge in [0, 0.05) is 31.9 Å². The first-order valence-corrected chi connectivity index (χ1v) is 11.3. The largest absolute Gasteiger partial charge is 0.481 e. The van der Waals surface area contributed by atoms with E-state index in [1.807, 2.05) is 23.1 Å². The van der Waals surface area contributed by atoms with Crippen molar-refractivity contribution in [2.75, 3.05) is 36.4 Å². The van der Waals surface area contributed by atoms with E-state index in [4.69, 9.17) is 0 Å². The lowest BCUT2D eigenvalue weighted by molar-refractivity contribution is -0.147. The van der Waals surface area contributed by atoms with Crippen molar-refractivity contribution in [3.63, 3.8) is 0 Å². The Kier molecular flexibility index (Phi) is 6.73. The third-order valence-electron chi connectivity index (χ3n) is 6.52. The quantitative estimate of drug-likeness (QED) is 0.751. The number of hydrogen-bond donors (Lipinski definition) is 2. The van der Waals surface area contributed by atoms with Crippen molar-refractivity contribution >= 4 is 29.2 Å². The Morgan fingerprint density at radius 3 is 2.12 bits per heavy atom. The van der Waals surface area contributed by atoms with Crippen molar-refractivity contribution in [1.82, 2.24) is 4.90 Å². The summed E-state index contributed by atoms with van der Waals surface area (Å²) in [6.07, 6.45) is 2.74. The second-order valence-electron chi connectivity index (χ2n) is 8.49. The maximum atomic E-state index is 13.3. The van der Waals surface area contributed by atoms with Crippen molar-refractivity contribution in [1.29, 1.82) is 0 Å². The molecular weight excluding hydrogens is 406 g/mol. The van der Waals surface area contributed by atoms with Crippen molar-refractivity contribution in [2.24, 2.45) is 11.8 Å². The smallest absolute Gasteiger partial charge is 0.307 e. The van der Waals surface area contributed by atoms with Crippen LogP contribution >= 0.6 is 0 Å². The van der Waals surface area contributed by atoms with Crippen LogP contribution in [0.1, 0.15) is 36.0 Å². The summed E-state index contributed by atoms with van der Waals surface area (Å²) in [7, 11) is 0. The lowest BCUT2D eigenvalue weighted by Gasteiger charge is -2.36. The van der Waals surface area contributed by atoms with Crippen LogP contribution in [-0.4, -0.2) is 54.0 Å². The van der Waals surface area contributed by atoms with Gasteiger partial charge in [-0.05, 0) is 37.1 Å². The molecule has 0 unspecified atom stereocenters. The molecule has 0 bridgehead atoms. The van der Waals surface area contributed by atoms with Gasteiger partial charge in [0.25, 0.3) is 5.91 Å². The number of nitrogens with one attached hydrogen (secondary N) is 1. The van der Waals surface area contributed by atoms with Crippen LogP contribution in [0.2, 0.25) is 0 Å². The molecule has 2 amide bonds. The third-order valence-corrected chi connectivity index (χ3v) is 6.52. The molecule has 7 heteroatoms. The monoisotopic (exact) mass is 435 g/mol. The molecule has 168 valence electrons. The number of rotatable bonds is 5. The summed E-state index contributed by atoms with van der Waals surface area (Å²) in [5.41, 5.74) is 2.03. The van der Waals surface area contributed by atoms with Crippen molar-refractivity contribution in [2.45, 2.75) is 25.7 Å². The fourth-order valence-corrected chi connectivity index (χ4v) is 4.72. The van der Waals surface area contributed by atoms with Gasteiger partial charge in [-0.1, -0.05) is 43.2 Å². The van der Waals surface area contributed by atoms with Gasteiger partial charge in [0.2, 0.25) is 5.91 Å². The van der Waals surface area contributed by atoms with E-state index >= 15 is 0 Å².